The van der Waals surface area contributed by atoms with Gasteiger partial charge in [-0.15, -0.1) is 0 Å². The maximum Gasteiger partial charge on any atom is 0.150 e. The Morgan fingerprint density at radius 1 is 0.761 bits per heavy atom. The van der Waals surface area contributed by atoms with E-state index in [0.717, 1.165) is 68.7 Å². The van der Waals surface area contributed by atoms with Crippen molar-refractivity contribution >= 4 is 6.29 Å². The fourth-order valence-corrected chi connectivity index (χ4v) is 9.00. The molecule has 2 aliphatic rings. The highest BCUT2D eigenvalue weighted by Gasteiger charge is 2.52. The van der Waals surface area contributed by atoms with Crippen LogP contribution in [0.4, 0.5) is 0 Å². The molecule has 1 saturated carbocycles. The molecule has 256 valence electrons. The molecule has 0 heterocycles. The van der Waals surface area contributed by atoms with Crippen LogP contribution in [0.15, 0.2) is 36.4 Å². The molecule has 0 spiro atoms. The van der Waals surface area contributed by atoms with Crippen molar-refractivity contribution in [1.82, 2.24) is 0 Å². The van der Waals surface area contributed by atoms with E-state index < -0.39 is 0 Å². The summed E-state index contributed by atoms with van der Waals surface area (Å²) in [6.45, 7) is 20.6. The van der Waals surface area contributed by atoms with E-state index in [1.165, 1.54) is 74.5 Å². The molecule has 46 heavy (non-hydrogen) atoms. The van der Waals surface area contributed by atoms with Crippen LogP contribution < -0.4 is 9.47 Å². The summed E-state index contributed by atoms with van der Waals surface area (Å²) in [5.74, 6) is 3.52. The molecule has 0 aliphatic heterocycles. The standard InChI is InChI=1S/C43H66O3/c1-9-13-17-32(11-3)30-45-38-28-39(46-31-33(12-4)18-14-10-2)37-27-36(38)40-42(7,8)24-16-26-43(40,25-15-23-41(37,5)6)35-21-19-34(29-44)20-22-35/h19-22,27-29,32-33,40H,9-18,23-26,30-31H2,1-8H3. The topological polar surface area (TPSA) is 35.5 Å². The summed E-state index contributed by atoms with van der Waals surface area (Å²) in [6, 6.07) is 13.5. The highest BCUT2D eigenvalue weighted by atomic mass is 16.5. The molecule has 0 amide bonds. The number of hydrogen-bond donors (Lipinski definition) is 0. The highest BCUT2D eigenvalue weighted by molar-refractivity contribution is 5.74. The normalized spacial score (nSPS) is 23.3. The maximum atomic E-state index is 11.6. The fraction of sp³-hybridized carbons (Fsp3) is 0.698. The van der Waals surface area contributed by atoms with Gasteiger partial charge in [0.05, 0.1) is 13.2 Å². The molecule has 4 unspecified atom stereocenters. The second-order valence-corrected chi connectivity index (χ2v) is 16.2. The van der Waals surface area contributed by atoms with Gasteiger partial charge >= 0.3 is 0 Å². The van der Waals surface area contributed by atoms with Crippen LogP contribution >= 0.6 is 0 Å². The second kappa shape index (κ2) is 16.2. The molecule has 0 aromatic heterocycles. The van der Waals surface area contributed by atoms with Crippen molar-refractivity contribution in [2.45, 2.75) is 162 Å². The lowest BCUT2D eigenvalue weighted by atomic mass is 9.50. The van der Waals surface area contributed by atoms with Gasteiger partial charge in [0.1, 0.15) is 17.8 Å². The van der Waals surface area contributed by atoms with Gasteiger partial charge in [-0.3, -0.25) is 4.79 Å². The summed E-state index contributed by atoms with van der Waals surface area (Å²) in [5, 5.41) is 0. The van der Waals surface area contributed by atoms with E-state index in [-0.39, 0.29) is 16.2 Å². The van der Waals surface area contributed by atoms with E-state index in [9.17, 15) is 4.79 Å². The van der Waals surface area contributed by atoms with Crippen LogP contribution in [-0.2, 0) is 10.8 Å². The number of benzene rings is 2. The lowest BCUT2D eigenvalue weighted by Gasteiger charge is -2.54. The van der Waals surface area contributed by atoms with Crippen LogP contribution in [0.2, 0.25) is 0 Å². The van der Waals surface area contributed by atoms with Gasteiger partial charge in [-0.1, -0.05) is 131 Å². The van der Waals surface area contributed by atoms with Gasteiger partial charge in [-0.05, 0) is 78.4 Å². The first-order valence-corrected chi connectivity index (χ1v) is 19.0. The van der Waals surface area contributed by atoms with E-state index in [0.29, 0.717) is 17.8 Å². The first-order chi connectivity index (χ1) is 22.0. The summed E-state index contributed by atoms with van der Waals surface area (Å²) in [6.07, 6.45) is 17.7. The third-order valence-electron chi connectivity index (χ3n) is 12.0. The molecule has 0 saturated heterocycles. The van der Waals surface area contributed by atoms with E-state index in [4.69, 9.17) is 9.47 Å². The van der Waals surface area contributed by atoms with Gasteiger partial charge < -0.3 is 9.47 Å². The number of aldehydes is 1. The lowest BCUT2D eigenvalue weighted by Crippen LogP contribution is -2.45. The largest absolute Gasteiger partial charge is 0.493 e. The lowest BCUT2D eigenvalue weighted by molar-refractivity contribution is 0.0905. The summed E-state index contributed by atoms with van der Waals surface area (Å²) in [7, 11) is 0. The van der Waals surface area contributed by atoms with Crippen LogP contribution in [0.3, 0.4) is 0 Å². The Bertz CT molecular complexity index is 1240. The van der Waals surface area contributed by atoms with E-state index in [1.54, 1.807) is 0 Å². The van der Waals surface area contributed by atoms with Gasteiger partial charge in [-0.2, -0.15) is 0 Å². The van der Waals surface area contributed by atoms with Gasteiger partial charge in [0, 0.05) is 28.5 Å². The Balaban J connectivity index is 1.90. The molecular formula is C43H66O3. The molecule has 0 N–H and O–H groups in total. The quantitative estimate of drug-likeness (QED) is 0.173. The number of fused-ring (bicyclic) bond motifs is 4. The van der Waals surface area contributed by atoms with Crippen molar-refractivity contribution in [3.8, 4) is 11.5 Å². The first kappa shape index (κ1) is 36.5. The number of ether oxygens (including phenoxy) is 2. The molecule has 2 aromatic carbocycles. The Hall–Kier alpha value is -2.29. The van der Waals surface area contributed by atoms with Crippen molar-refractivity contribution in [3.05, 3.63) is 58.7 Å². The summed E-state index contributed by atoms with van der Waals surface area (Å²) >= 11 is 0. The molecule has 2 aliphatic carbocycles. The Labute approximate surface area is 282 Å². The number of unbranched alkanes of at least 4 members (excludes halogenated alkanes) is 2. The van der Waals surface area contributed by atoms with Crippen LogP contribution in [0.1, 0.15) is 178 Å². The Morgan fingerprint density at radius 2 is 1.33 bits per heavy atom. The second-order valence-electron chi connectivity index (χ2n) is 16.2. The molecule has 4 atom stereocenters. The van der Waals surface area contributed by atoms with Crippen molar-refractivity contribution in [2.75, 3.05) is 13.2 Å². The van der Waals surface area contributed by atoms with Crippen LogP contribution in [-0.4, -0.2) is 19.5 Å². The predicted octanol–water partition coefficient (Wildman–Crippen LogP) is 12.4. The number of carbonyl (C=O) groups excluding carboxylic acids is 1. The third-order valence-corrected chi connectivity index (χ3v) is 12.0. The molecule has 3 nitrogen and oxygen atoms in total. The monoisotopic (exact) mass is 631 g/mol. The smallest absolute Gasteiger partial charge is 0.150 e. The summed E-state index contributed by atoms with van der Waals surface area (Å²) in [5.41, 5.74) is 4.94. The minimum atomic E-state index is -0.0129. The van der Waals surface area contributed by atoms with E-state index in [2.05, 4.69) is 79.7 Å². The van der Waals surface area contributed by atoms with E-state index in [1.807, 2.05) is 12.1 Å². The van der Waals surface area contributed by atoms with Crippen LogP contribution in [0.5, 0.6) is 11.5 Å². The molecular weight excluding hydrogens is 564 g/mol. The highest BCUT2D eigenvalue weighted by Crippen LogP contribution is 2.62. The molecule has 2 aromatic rings. The molecule has 3 heteroatoms. The number of rotatable bonds is 16. The van der Waals surface area contributed by atoms with Crippen molar-refractivity contribution in [3.63, 3.8) is 0 Å². The van der Waals surface area contributed by atoms with E-state index >= 15 is 0 Å². The summed E-state index contributed by atoms with van der Waals surface area (Å²) in [4.78, 5) is 11.6. The van der Waals surface area contributed by atoms with Gasteiger partial charge in [0.25, 0.3) is 0 Å². The fourth-order valence-electron chi connectivity index (χ4n) is 9.00. The zero-order chi connectivity index (χ0) is 33.4. The molecule has 1 fully saturated rings. The molecule has 4 rings (SSSR count). The minimum Gasteiger partial charge on any atom is -0.493 e. The van der Waals surface area contributed by atoms with Crippen molar-refractivity contribution in [2.24, 2.45) is 17.3 Å². The van der Waals surface area contributed by atoms with Crippen molar-refractivity contribution < 1.29 is 14.3 Å². The SMILES string of the molecule is CCCCC(CC)COc1cc(OCC(CC)CCCC)c2cc1C1C(C)(C)CCCC1(c1ccc(C=O)cc1)CCCC2(C)C. The van der Waals surface area contributed by atoms with Crippen LogP contribution in [0, 0.1) is 17.3 Å². The van der Waals surface area contributed by atoms with Gasteiger partial charge in [0.2, 0.25) is 0 Å². The maximum absolute atomic E-state index is 11.6. The van der Waals surface area contributed by atoms with Crippen molar-refractivity contribution in [1.29, 1.82) is 0 Å². The third kappa shape index (κ3) is 8.22. The first-order valence-electron chi connectivity index (χ1n) is 19.0. The average Bonchev–Trinajstić information content (AvgIpc) is 3.08. The zero-order valence-electron chi connectivity index (χ0n) is 30.8. The molecule has 2 bridgehead atoms. The van der Waals surface area contributed by atoms with Crippen LogP contribution in [0.25, 0.3) is 0 Å². The summed E-state index contributed by atoms with van der Waals surface area (Å²) < 4.78 is 13.9. The number of carbonyl (C=O) groups is 1. The zero-order valence-corrected chi connectivity index (χ0v) is 30.8. The van der Waals surface area contributed by atoms with Gasteiger partial charge in [-0.25, -0.2) is 0 Å². The Morgan fingerprint density at radius 3 is 1.87 bits per heavy atom. The number of hydrogen-bond acceptors (Lipinski definition) is 3. The average molecular weight is 631 g/mol. The molecule has 0 radical (unpaired) electrons. The minimum absolute atomic E-state index is 0.0127. The van der Waals surface area contributed by atoms with Gasteiger partial charge in [0.15, 0.2) is 0 Å². The Kier molecular flexibility index (Phi) is 12.9. The predicted molar refractivity (Wildman–Crippen MR) is 195 cm³/mol.